The van der Waals surface area contributed by atoms with Crippen molar-refractivity contribution in [2.75, 3.05) is 11.5 Å². The summed E-state index contributed by atoms with van der Waals surface area (Å²) < 4.78 is 0. The number of H-pyrrole nitrogens is 2. The number of hydrogen-bond acceptors (Lipinski definition) is 2. The summed E-state index contributed by atoms with van der Waals surface area (Å²) in [5, 5.41) is 2.42. The summed E-state index contributed by atoms with van der Waals surface area (Å²) >= 11 is 0. The molecule has 0 bridgehead atoms. The van der Waals surface area contributed by atoms with Gasteiger partial charge in [0.2, 0.25) is 0 Å². The van der Waals surface area contributed by atoms with Crippen molar-refractivity contribution < 1.29 is 0 Å². The molecule has 4 rings (SSSR count). The SMILES string of the molecule is CCc1c(C)[nH]c2c(C(C)C)ccc(N)c12.Cc1[nH]c2c(C(C)C)ccc(N)c2c1C. The molecule has 0 atom stereocenters. The van der Waals surface area contributed by atoms with E-state index in [0.29, 0.717) is 11.8 Å². The molecule has 2 aromatic heterocycles. The highest BCUT2D eigenvalue weighted by atomic mass is 14.7. The number of aromatic amines is 2. The number of nitrogen functional groups attached to an aromatic ring is 2. The van der Waals surface area contributed by atoms with Gasteiger partial charge in [0.15, 0.2) is 0 Å². The zero-order valence-electron chi connectivity index (χ0n) is 20.3. The first-order chi connectivity index (χ1) is 14.6. The third-order valence-electron chi connectivity index (χ3n) is 6.45. The van der Waals surface area contributed by atoms with Gasteiger partial charge < -0.3 is 21.4 Å². The molecule has 0 aliphatic carbocycles. The van der Waals surface area contributed by atoms with Crippen LogP contribution in [0.2, 0.25) is 0 Å². The second-order valence-corrected chi connectivity index (χ2v) is 9.25. The molecule has 166 valence electrons. The first-order valence-corrected chi connectivity index (χ1v) is 11.3. The zero-order valence-corrected chi connectivity index (χ0v) is 20.3. The van der Waals surface area contributed by atoms with Gasteiger partial charge in [-0.25, -0.2) is 0 Å². The van der Waals surface area contributed by atoms with Crippen LogP contribution in [-0.4, -0.2) is 9.97 Å². The Hall–Kier alpha value is -2.88. The highest BCUT2D eigenvalue weighted by Gasteiger charge is 2.15. The normalized spacial score (nSPS) is 11.5. The Morgan fingerprint density at radius 2 is 1.16 bits per heavy atom. The van der Waals surface area contributed by atoms with Crippen LogP contribution < -0.4 is 11.5 Å². The number of aryl methyl sites for hydroxylation is 4. The van der Waals surface area contributed by atoms with Crippen molar-refractivity contribution in [3.05, 3.63) is 57.9 Å². The van der Waals surface area contributed by atoms with Gasteiger partial charge in [-0.05, 0) is 73.4 Å². The van der Waals surface area contributed by atoms with Crippen LogP contribution in [0.15, 0.2) is 24.3 Å². The maximum atomic E-state index is 6.09. The Kier molecular flexibility index (Phi) is 6.40. The molecule has 0 radical (unpaired) electrons. The van der Waals surface area contributed by atoms with E-state index in [2.05, 4.69) is 77.5 Å². The highest BCUT2D eigenvalue weighted by molar-refractivity contribution is 5.98. The molecular formula is C27H38N4. The van der Waals surface area contributed by atoms with Gasteiger partial charge in [-0.2, -0.15) is 0 Å². The van der Waals surface area contributed by atoms with Crippen LogP contribution in [0.5, 0.6) is 0 Å². The zero-order chi connectivity index (χ0) is 23.0. The predicted molar refractivity (Wildman–Crippen MR) is 137 cm³/mol. The largest absolute Gasteiger partial charge is 0.398 e. The van der Waals surface area contributed by atoms with Crippen molar-refractivity contribution in [2.45, 2.75) is 73.6 Å². The fourth-order valence-electron chi connectivity index (χ4n) is 4.59. The first-order valence-electron chi connectivity index (χ1n) is 11.3. The van der Waals surface area contributed by atoms with E-state index < -0.39 is 0 Å². The van der Waals surface area contributed by atoms with Crippen LogP contribution in [-0.2, 0) is 6.42 Å². The number of hydrogen-bond donors (Lipinski definition) is 4. The summed E-state index contributed by atoms with van der Waals surface area (Å²) in [4.78, 5) is 6.93. The van der Waals surface area contributed by atoms with Gasteiger partial charge in [0.05, 0.1) is 11.0 Å². The predicted octanol–water partition coefficient (Wildman–Crippen LogP) is 7.23. The average Bonchev–Trinajstić information content (AvgIpc) is 3.19. The molecule has 4 nitrogen and oxygen atoms in total. The van der Waals surface area contributed by atoms with E-state index in [1.165, 1.54) is 55.4 Å². The van der Waals surface area contributed by atoms with Crippen molar-refractivity contribution >= 4 is 33.2 Å². The first kappa shape index (κ1) is 22.8. The minimum Gasteiger partial charge on any atom is -0.398 e. The second-order valence-electron chi connectivity index (χ2n) is 9.25. The molecule has 4 heteroatoms. The maximum Gasteiger partial charge on any atom is 0.0514 e. The van der Waals surface area contributed by atoms with E-state index in [0.717, 1.165) is 17.8 Å². The molecule has 0 saturated carbocycles. The van der Waals surface area contributed by atoms with E-state index in [9.17, 15) is 0 Å². The van der Waals surface area contributed by atoms with Gasteiger partial charge >= 0.3 is 0 Å². The van der Waals surface area contributed by atoms with Gasteiger partial charge in [0.1, 0.15) is 0 Å². The summed E-state index contributed by atoms with van der Waals surface area (Å²) in [6, 6.07) is 8.30. The summed E-state index contributed by atoms with van der Waals surface area (Å²) in [6.45, 7) is 17.4. The van der Waals surface area contributed by atoms with Crippen LogP contribution in [0.25, 0.3) is 21.8 Å². The van der Waals surface area contributed by atoms with Crippen LogP contribution in [0, 0.1) is 20.8 Å². The molecule has 2 heterocycles. The second kappa shape index (κ2) is 8.70. The lowest BCUT2D eigenvalue weighted by Crippen LogP contribution is -1.93. The van der Waals surface area contributed by atoms with Crippen molar-refractivity contribution in [1.29, 1.82) is 0 Å². The average molecular weight is 419 g/mol. The molecule has 0 saturated heterocycles. The van der Waals surface area contributed by atoms with Crippen LogP contribution in [0.4, 0.5) is 11.4 Å². The van der Waals surface area contributed by atoms with Crippen molar-refractivity contribution in [3.8, 4) is 0 Å². The maximum absolute atomic E-state index is 6.09. The van der Waals surface area contributed by atoms with E-state index in [1.54, 1.807) is 0 Å². The van der Waals surface area contributed by atoms with Crippen LogP contribution in [0.3, 0.4) is 0 Å². The van der Waals surface area contributed by atoms with Gasteiger partial charge in [-0.1, -0.05) is 46.8 Å². The van der Waals surface area contributed by atoms with Gasteiger partial charge in [-0.3, -0.25) is 0 Å². The Morgan fingerprint density at radius 3 is 1.65 bits per heavy atom. The number of anilines is 2. The molecule has 31 heavy (non-hydrogen) atoms. The lowest BCUT2D eigenvalue weighted by atomic mass is 9.98. The lowest BCUT2D eigenvalue weighted by molar-refractivity contribution is 0.873. The van der Waals surface area contributed by atoms with E-state index in [4.69, 9.17) is 11.5 Å². The number of rotatable bonds is 3. The number of benzene rings is 2. The van der Waals surface area contributed by atoms with E-state index in [-0.39, 0.29) is 0 Å². The summed E-state index contributed by atoms with van der Waals surface area (Å²) in [5.74, 6) is 1.04. The fourth-order valence-corrected chi connectivity index (χ4v) is 4.59. The monoisotopic (exact) mass is 418 g/mol. The topological polar surface area (TPSA) is 83.6 Å². The summed E-state index contributed by atoms with van der Waals surface area (Å²) in [7, 11) is 0. The summed E-state index contributed by atoms with van der Waals surface area (Å²) in [5.41, 5.74) is 24.1. The van der Waals surface area contributed by atoms with Gasteiger partial charge in [0, 0.05) is 33.5 Å². The molecule has 0 aliphatic rings. The quantitative estimate of drug-likeness (QED) is 0.264. The molecular weight excluding hydrogens is 380 g/mol. The minimum atomic E-state index is 0.519. The number of nitrogens with two attached hydrogens (primary N) is 2. The number of aromatic nitrogens is 2. The smallest absolute Gasteiger partial charge is 0.0514 e. The molecule has 0 unspecified atom stereocenters. The molecule has 0 amide bonds. The molecule has 0 aliphatic heterocycles. The third kappa shape index (κ3) is 4.04. The number of fused-ring (bicyclic) bond motifs is 2. The summed E-state index contributed by atoms with van der Waals surface area (Å²) in [6.07, 6.45) is 1.03. The van der Waals surface area contributed by atoms with Gasteiger partial charge in [0.25, 0.3) is 0 Å². The third-order valence-corrected chi connectivity index (χ3v) is 6.45. The molecule has 2 aromatic carbocycles. The van der Waals surface area contributed by atoms with Gasteiger partial charge in [-0.15, -0.1) is 0 Å². The van der Waals surface area contributed by atoms with Crippen LogP contribution in [0.1, 0.15) is 80.1 Å². The van der Waals surface area contributed by atoms with Crippen molar-refractivity contribution in [2.24, 2.45) is 0 Å². The Bertz CT molecular complexity index is 1220. The lowest BCUT2D eigenvalue weighted by Gasteiger charge is -2.09. The number of nitrogens with one attached hydrogen (secondary N) is 2. The molecule has 6 N–H and O–H groups in total. The Morgan fingerprint density at radius 1 is 0.710 bits per heavy atom. The fraction of sp³-hybridized carbons (Fsp3) is 0.407. The highest BCUT2D eigenvalue weighted by Crippen LogP contribution is 2.34. The molecule has 0 spiro atoms. The Balaban J connectivity index is 0.000000176. The Labute approximate surface area is 186 Å². The molecule has 4 aromatic rings. The molecule has 0 fully saturated rings. The van der Waals surface area contributed by atoms with E-state index in [1.807, 2.05) is 12.1 Å². The van der Waals surface area contributed by atoms with Crippen molar-refractivity contribution in [1.82, 2.24) is 9.97 Å². The van der Waals surface area contributed by atoms with Crippen LogP contribution >= 0.6 is 0 Å². The standard InChI is InChI=1S/C14H20N2.C13H18N2/c1-5-10-9(4)16-14-11(8(2)3)6-7-12(15)13(10)14;1-7(2)10-5-6-11(14)12-8(3)9(4)15-13(10)12/h6-8,16H,5,15H2,1-4H3;5-7,15H,14H2,1-4H3. The van der Waals surface area contributed by atoms with E-state index >= 15 is 0 Å². The van der Waals surface area contributed by atoms with Crippen molar-refractivity contribution in [3.63, 3.8) is 0 Å². The minimum absolute atomic E-state index is 0.519.